The van der Waals surface area contributed by atoms with Gasteiger partial charge in [-0.25, -0.2) is 9.69 Å². The molecule has 0 radical (unpaired) electrons. The molecule has 8 nitrogen and oxygen atoms in total. The van der Waals surface area contributed by atoms with E-state index in [-0.39, 0.29) is 24.3 Å². The van der Waals surface area contributed by atoms with Crippen molar-refractivity contribution in [2.45, 2.75) is 51.7 Å². The van der Waals surface area contributed by atoms with Crippen LogP contribution in [-0.2, 0) is 28.1 Å². The van der Waals surface area contributed by atoms with Crippen LogP contribution in [0.15, 0.2) is 48.5 Å². The number of aromatic nitrogens is 1. The van der Waals surface area contributed by atoms with Gasteiger partial charge in [0.1, 0.15) is 11.8 Å². The van der Waals surface area contributed by atoms with E-state index in [1.165, 1.54) is 4.90 Å². The molecule has 2 N–H and O–H groups in total. The Morgan fingerprint density at radius 2 is 1.94 bits per heavy atom. The van der Waals surface area contributed by atoms with Crippen molar-refractivity contribution in [3.63, 3.8) is 0 Å². The third-order valence-corrected chi connectivity index (χ3v) is 7.41. The van der Waals surface area contributed by atoms with Crippen molar-refractivity contribution in [3.05, 3.63) is 65.4 Å². The molecule has 0 saturated carbocycles. The fourth-order valence-electron chi connectivity index (χ4n) is 5.56. The van der Waals surface area contributed by atoms with Crippen molar-refractivity contribution in [1.82, 2.24) is 20.1 Å². The van der Waals surface area contributed by atoms with Crippen molar-refractivity contribution in [2.24, 2.45) is 5.92 Å². The molecule has 5 rings (SSSR count). The first-order valence-corrected chi connectivity index (χ1v) is 12.4. The molecule has 0 bridgehead atoms. The molecule has 188 valence electrons. The number of hydrogen-bond acceptors (Lipinski definition) is 4. The van der Waals surface area contributed by atoms with Crippen LogP contribution in [0.2, 0.25) is 0 Å². The summed E-state index contributed by atoms with van der Waals surface area (Å²) in [6, 6.07) is 14.1. The zero-order chi connectivity index (χ0) is 25.6. The number of H-pyrrole nitrogens is 1. The van der Waals surface area contributed by atoms with Gasteiger partial charge in [0, 0.05) is 24.0 Å². The Morgan fingerprint density at radius 3 is 2.69 bits per heavy atom. The number of urea groups is 1. The van der Waals surface area contributed by atoms with E-state index in [0.29, 0.717) is 25.1 Å². The quantitative estimate of drug-likeness (QED) is 0.493. The van der Waals surface area contributed by atoms with Crippen molar-refractivity contribution in [3.8, 4) is 5.75 Å². The molecule has 2 aliphatic heterocycles. The minimum Gasteiger partial charge on any atom is -0.497 e. The number of fused-ring (bicyclic) bond motifs is 5. The minimum absolute atomic E-state index is 0.104. The highest BCUT2D eigenvalue weighted by Crippen LogP contribution is 2.45. The lowest BCUT2D eigenvalue weighted by atomic mass is 9.87. The monoisotopic (exact) mass is 488 g/mol. The summed E-state index contributed by atoms with van der Waals surface area (Å²) in [4.78, 5) is 47.4. The lowest BCUT2D eigenvalue weighted by Crippen LogP contribution is -2.51. The summed E-state index contributed by atoms with van der Waals surface area (Å²) in [5, 5.41) is 4.01. The summed E-state index contributed by atoms with van der Waals surface area (Å²) in [7, 11) is 1.59. The maximum absolute atomic E-state index is 14.0. The molecular weight excluding hydrogens is 456 g/mol. The number of ether oxygens (including phenoxy) is 1. The van der Waals surface area contributed by atoms with Gasteiger partial charge in [-0.05, 0) is 55.0 Å². The van der Waals surface area contributed by atoms with Gasteiger partial charge < -0.3 is 19.9 Å². The highest BCUT2D eigenvalue weighted by molar-refractivity contribution is 6.11. The second kappa shape index (κ2) is 9.00. The van der Waals surface area contributed by atoms with Crippen LogP contribution in [0, 0.1) is 5.92 Å². The maximum atomic E-state index is 14.0. The Labute approximate surface area is 210 Å². The second-order valence-corrected chi connectivity index (χ2v) is 10.2. The Kier molecular flexibility index (Phi) is 5.98. The topological polar surface area (TPSA) is 94.7 Å². The van der Waals surface area contributed by atoms with Crippen LogP contribution < -0.4 is 10.1 Å². The molecule has 2 aromatic carbocycles. The Morgan fingerprint density at radius 1 is 1.17 bits per heavy atom. The number of para-hydroxylation sites is 1. The fraction of sp³-hybridized carbons (Fsp3) is 0.393. The van der Waals surface area contributed by atoms with Gasteiger partial charge in [-0.15, -0.1) is 0 Å². The molecule has 0 spiro atoms. The van der Waals surface area contributed by atoms with E-state index in [0.717, 1.165) is 27.7 Å². The molecule has 3 aromatic rings. The van der Waals surface area contributed by atoms with Crippen LogP contribution in [-0.4, -0.2) is 52.3 Å². The van der Waals surface area contributed by atoms with E-state index in [9.17, 15) is 14.4 Å². The Bertz CT molecular complexity index is 1350. The average molecular weight is 489 g/mol. The van der Waals surface area contributed by atoms with Gasteiger partial charge >= 0.3 is 6.03 Å². The number of methoxy groups -OCH3 is 1. The van der Waals surface area contributed by atoms with Gasteiger partial charge in [-0.2, -0.15) is 0 Å². The summed E-state index contributed by atoms with van der Waals surface area (Å²) in [5.41, 5.74) is 2.45. The van der Waals surface area contributed by atoms with Gasteiger partial charge in [0.25, 0.3) is 5.91 Å². The summed E-state index contributed by atoms with van der Waals surface area (Å²) in [6.07, 6.45) is 1.03. The van der Waals surface area contributed by atoms with Crippen molar-refractivity contribution in [1.29, 1.82) is 0 Å². The number of aromatic amines is 1. The lowest BCUT2D eigenvalue weighted by Gasteiger charge is -2.36. The molecule has 4 amide bonds. The fourth-order valence-corrected chi connectivity index (χ4v) is 5.56. The zero-order valence-electron chi connectivity index (χ0n) is 21.1. The van der Waals surface area contributed by atoms with E-state index >= 15 is 0 Å². The van der Waals surface area contributed by atoms with Crippen LogP contribution in [0.25, 0.3) is 10.9 Å². The van der Waals surface area contributed by atoms with Crippen LogP contribution in [0.4, 0.5) is 4.79 Å². The maximum Gasteiger partial charge on any atom is 0.328 e. The normalized spacial score (nSPS) is 20.0. The van der Waals surface area contributed by atoms with E-state index < -0.39 is 17.6 Å². The minimum atomic E-state index is -1.17. The molecule has 36 heavy (non-hydrogen) atoms. The lowest BCUT2D eigenvalue weighted by molar-refractivity contribution is -0.140. The molecule has 1 aromatic heterocycles. The first-order valence-electron chi connectivity index (χ1n) is 12.4. The number of imide groups is 1. The standard InChI is InChI=1S/C28H32N4O4/c1-17(2)14-23(25(33)29-16-18-8-7-9-19(15-18)36-4)32-26(34)28(3)24-21(12-13-31(28)27(32)35)20-10-5-6-11-22(20)30-24/h5-11,15,17,23,30H,12-14,16H2,1-4H3,(H,29,33)/t23-,28-/m0/s1. The molecule has 1 fully saturated rings. The van der Waals surface area contributed by atoms with Crippen LogP contribution in [0.1, 0.15) is 44.0 Å². The first kappa shape index (κ1) is 23.9. The van der Waals surface area contributed by atoms with Gasteiger partial charge in [-0.1, -0.05) is 44.2 Å². The largest absolute Gasteiger partial charge is 0.497 e. The summed E-state index contributed by atoms with van der Waals surface area (Å²) in [5.74, 6) is 0.104. The number of carbonyl (C=O) groups excluding carboxylic acids is 3. The van der Waals surface area contributed by atoms with E-state index in [1.807, 2.05) is 62.4 Å². The Balaban J connectivity index is 1.46. The highest BCUT2D eigenvalue weighted by Gasteiger charge is 2.60. The summed E-state index contributed by atoms with van der Waals surface area (Å²) in [6.45, 7) is 6.46. The van der Waals surface area contributed by atoms with E-state index in [2.05, 4.69) is 10.3 Å². The van der Waals surface area contributed by atoms with Crippen LogP contribution in [0.5, 0.6) is 5.75 Å². The number of nitrogens with zero attached hydrogens (tertiary/aromatic N) is 2. The van der Waals surface area contributed by atoms with Crippen molar-refractivity contribution in [2.75, 3.05) is 13.7 Å². The zero-order valence-corrected chi connectivity index (χ0v) is 21.1. The van der Waals surface area contributed by atoms with Crippen LogP contribution in [0.3, 0.4) is 0 Å². The van der Waals surface area contributed by atoms with Crippen molar-refractivity contribution < 1.29 is 19.1 Å². The predicted molar refractivity (Wildman–Crippen MR) is 136 cm³/mol. The van der Waals surface area contributed by atoms with Crippen LogP contribution >= 0.6 is 0 Å². The molecule has 0 unspecified atom stereocenters. The number of carbonyl (C=O) groups is 3. The number of hydrogen-bond donors (Lipinski definition) is 2. The average Bonchev–Trinajstić information content (AvgIpc) is 3.35. The van der Waals surface area contributed by atoms with E-state index in [4.69, 9.17) is 4.74 Å². The van der Waals surface area contributed by atoms with Gasteiger partial charge in [-0.3, -0.25) is 9.59 Å². The molecule has 2 aliphatic rings. The smallest absolute Gasteiger partial charge is 0.328 e. The van der Waals surface area contributed by atoms with Gasteiger partial charge in [0.2, 0.25) is 5.91 Å². The van der Waals surface area contributed by atoms with Crippen molar-refractivity contribution >= 4 is 28.7 Å². The number of benzene rings is 2. The van der Waals surface area contributed by atoms with Gasteiger partial charge in [0.05, 0.1) is 12.8 Å². The number of rotatable bonds is 7. The first-order chi connectivity index (χ1) is 17.3. The summed E-state index contributed by atoms with van der Waals surface area (Å²) < 4.78 is 5.27. The number of nitrogens with one attached hydrogen (secondary N) is 2. The van der Waals surface area contributed by atoms with Gasteiger partial charge in [0.15, 0.2) is 5.54 Å². The van der Waals surface area contributed by atoms with E-state index in [1.54, 1.807) is 18.9 Å². The molecule has 3 heterocycles. The third kappa shape index (κ3) is 3.72. The summed E-state index contributed by atoms with van der Waals surface area (Å²) >= 11 is 0. The Hall–Kier alpha value is -3.81. The molecule has 1 saturated heterocycles. The highest BCUT2D eigenvalue weighted by atomic mass is 16.5. The molecular formula is C28H32N4O4. The molecule has 8 heteroatoms. The third-order valence-electron chi connectivity index (χ3n) is 7.41. The predicted octanol–water partition coefficient (Wildman–Crippen LogP) is 3.94. The number of amides is 4. The second-order valence-electron chi connectivity index (χ2n) is 10.2. The molecule has 0 aliphatic carbocycles. The molecule has 2 atom stereocenters. The SMILES string of the molecule is COc1cccc(CNC(=O)[C@H](CC(C)C)N2C(=O)N3CCc4c([nH]c5ccccc45)[C@@]3(C)C2=O)c1.